The van der Waals surface area contributed by atoms with Crippen LogP contribution in [0.1, 0.15) is 28.2 Å². The Labute approximate surface area is 144 Å². The summed E-state index contributed by atoms with van der Waals surface area (Å²) >= 11 is 5.97. The summed E-state index contributed by atoms with van der Waals surface area (Å²) in [5, 5.41) is 3.53. The van der Waals surface area contributed by atoms with E-state index < -0.39 is 0 Å². The van der Waals surface area contributed by atoms with E-state index in [9.17, 15) is 9.59 Å². The Morgan fingerprint density at radius 3 is 3.04 bits per heavy atom. The topological polar surface area (TPSA) is 75.4 Å². The largest absolute Gasteiger partial charge is 0.448 e. The van der Waals surface area contributed by atoms with Crippen molar-refractivity contribution in [2.75, 3.05) is 13.1 Å². The normalized spacial score (nSPS) is 17.3. The second-order valence-electron chi connectivity index (χ2n) is 5.85. The minimum atomic E-state index is -0.309. The van der Waals surface area contributed by atoms with Gasteiger partial charge in [-0.2, -0.15) is 0 Å². The summed E-state index contributed by atoms with van der Waals surface area (Å²) in [4.78, 5) is 29.9. The smallest absolute Gasteiger partial charge is 0.273 e. The van der Waals surface area contributed by atoms with E-state index in [4.69, 9.17) is 16.0 Å². The number of amides is 2. The highest BCUT2D eigenvalue weighted by Crippen LogP contribution is 2.15. The molecule has 1 aliphatic rings. The molecule has 1 aromatic carbocycles. The van der Waals surface area contributed by atoms with Crippen molar-refractivity contribution in [2.45, 2.75) is 25.8 Å². The third-order valence-electron chi connectivity index (χ3n) is 4.07. The molecule has 0 spiro atoms. The lowest BCUT2D eigenvalue weighted by molar-refractivity contribution is -0.127. The van der Waals surface area contributed by atoms with E-state index in [0.29, 0.717) is 30.3 Å². The van der Waals surface area contributed by atoms with Gasteiger partial charge in [0.2, 0.25) is 5.91 Å². The number of nitrogens with one attached hydrogen (secondary N) is 1. The van der Waals surface area contributed by atoms with Gasteiger partial charge in [-0.1, -0.05) is 23.7 Å². The SMILES string of the molecule is Cc1ocnc1C(=O)N[C@@H]1CC(=O)N(CCc2cccc(Cl)c2)C1. The number of oxazole rings is 1. The molecule has 126 valence electrons. The van der Waals surface area contributed by atoms with E-state index in [0.717, 1.165) is 12.0 Å². The zero-order chi connectivity index (χ0) is 17.1. The maximum absolute atomic E-state index is 12.1. The molecule has 1 atom stereocenters. The Hall–Kier alpha value is -2.34. The standard InChI is InChI=1S/C17H18ClN3O3/c1-11-16(19-10-24-11)17(23)20-14-8-15(22)21(9-14)6-5-12-3-2-4-13(18)7-12/h2-4,7,10,14H,5-6,8-9H2,1H3,(H,20,23)/t14-/m1/s1. The first-order chi connectivity index (χ1) is 11.5. The highest BCUT2D eigenvalue weighted by atomic mass is 35.5. The Bertz CT molecular complexity index is 759. The number of halogens is 1. The lowest BCUT2D eigenvalue weighted by Crippen LogP contribution is -2.37. The Kier molecular flexibility index (Phi) is 4.85. The van der Waals surface area contributed by atoms with Crippen LogP contribution in [0.4, 0.5) is 0 Å². The molecule has 1 saturated heterocycles. The molecule has 0 radical (unpaired) electrons. The second-order valence-corrected chi connectivity index (χ2v) is 6.29. The molecule has 1 N–H and O–H groups in total. The average molecular weight is 348 g/mol. The third kappa shape index (κ3) is 3.76. The van der Waals surface area contributed by atoms with Crippen LogP contribution in [0.3, 0.4) is 0 Å². The van der Waals surface area contributed by atoms with Gasteiger partial charge in [-0.05, 0) is 31.0 Å². The van der Waals surface area contributed by atoms with E-state index in [1.807, 2.05) is 24.3 Å². The monoisotopic (exact) mass is 347 g/mol. The molecule has 6 nitrogen and oxygen atoms in total. The van der Waals surface area contributed by atoms with Crippen molar-refractivity contribution >= 4 is 23.4 Å². The van der Waals surface area contributed by atoms with Gasteiger partial charge in [0.15, 0.2) is 12.1 Å². The molecule has 1 aromatic heterocycles. The van der Waals surface area contributed by atoms with Crippen LogP contribution in [0.2, 0.25) is 5.02 Å². The molecular formula is C17H18ClN3O3. The molecule has 2 amide bonds. The van der Waals surface area contributed by atoms with Gasteiger partial charge in [0.1, 0.15) is 5.76 Å². The van der Waals surface area contributed by atoms with Crippen LogP contribution < -0.4 is 5.32 Å². The summed E-state index contributed by atoms with van der Waals surface area (Å²) in [6.07, 6.45) is 2.27. The van der Waals surface area contributed by atoms with Crippen LogP contribution in [-0.4, -0.2) is 40.8 Å². The van der Waals surface area contributed by atoms with Crippen molar-refractivity contribution in [2.24, 2.45) is 0 Å². The van der Waals surface area contributed by atoms with Crippen molar-refractivity contribution in [1.82, 2.24) is 15.2 Å². The summed E-state index contributed by atoms with van der Waals surface area (Å²) in [5.41, 5.74) is 1.35. The summed E-state index contributed by atoms with van der Waals surface area (Å²) in [6, 6.07) is 7.39. The van der Waals surface area contributed by atoms with E-state index >= 15 is 0 Å². The fraction of sp³-hybridized carbons (Fsp3) is 0.353. The van der Waals surface area contributed by atoms with Crippen molar-refractivity contribution in [1.29, 1.82) is 0 Å². The molecular weight excluding hydrogens is 330 g/mol. The number of aromatic nitrogens is 1. The number of hydrogen-bond donors (Lipinski definition) is 1. The van der Waals surface area contributed by atoms with Crippen molar-refractivity contribution in [3.8, 4) is 0 Å². The summed E-state index contributed by atoms with van der Waals surface area (Å²) in [6.45, 7) is 2.79. The van der Waals surface area contributed by atoms with Gasteiger partial charge in [0.05, 0.1) is 6.04 Å². The molecule has 0 saturated carbocycles. The Balaban J connectivity index is 1.54. The summed E-state index contributed by atoms with van der Waals surface area (Å²) in [7, 11) is 0. The molecule has 1 fully saturated rings. The molecule has 7 heteroatoms. The number of carbonyl (C=O) groups excluding carboxylic acids is 2. The summed E-state index contributed by atoms with van der Waals surface area (Å²) in [5.74, 6) is 0.199. The molecule has 2 heterocycles. The number of carbonyl (C=O) groups is 2. The lowest BCUT2D eigenvalue weighted by Gasteiger charge is -2.17. The van der Waals surface area contributed by atoms with E-state index in [1.165, 1.54) is 6.39 Å². The fourth-order valence-electron chi connectivity index (χ4n) is 2.82. The van der Waals surface area contributed by atoms with Gasteiger partial charge in [0, 0.05) is 24.5 Å². The zero-order valence-electron chi connectivity index (χ0n) is 13.3. The van der Waals surface area contributed by atoms with Crippen LogP contribution in [0, 0.1) is 6.92 Å². The maximum Gasteiger partial charge on any atom is 0.273 e. The quantitative estimate of drug-likeness (QED) is 0.899. The third-order valence-corrected chi connectivity index (χ3v) is 4.30. The molecule has 1 aliphatic heterocycles. The van der Waals surface area contributed by atoms with Gasteiger partial charge >= 0.3 is 0 Å². The molecule has 24 heavy (non-hydrogen) atoms. The van der Waals surface area contributed by atoms with Crippen molar-refractivity contribution in [3.63, 3.8) is 0 Å². The Morgan fingerprint density at radius 2 is 2.33 bits per heavy atom. The number of likely N-dealkylation sites (tertiary alicyclic amines) is 1. The van der Waals surface area contributed by atoms with Crippen molar-refractivity contribution < 1.29 is 14.0 Å². The molecule has 0 aliphatic carbocycles. The number of rotatable bonds is 5. The highest BCUT2D eigenvalue weighted by Gasteiger charge is 2.31. The van der Waals surface area contributed by atoms with E-state index in [2.05, 4.69) is 10.3 Å². The predicted molar refractivity (Wildman–Crippen MR) is 88.8 cm³/mol. The fourth-order valence-corrected chi connectivity index (χ4v) is 3.03. The van der Waals surface area contributed by atoms with Crippen LogP contribution in [0.25, 0.3) is 0 Å². The lowest BCUT2D eigenvalue weighted by atomic mass is 10.1. The van der Waals surface area contributed by atoms with Gasteiger partial charge in [-0.15, -0.1) is 0 Å². The van der Waals surface area contributed by atoms with Crippen LogP contribution >= 0.6 is 11.6 Å². The molecule has 3 rings (SSSR count). The number of nitrogens with zero attached hydrogens (tertiary/aromatic N) is 2. The van der Waals surface area contributed by atoms with Crippen LogP contribution in [0.5, 0.6) is 0 Å². The van der Waals surface area contributed by atoms with Crippen LogP contribution in [-0.2, 0) is 11.2 Å². The highest BCUT2D eigenvalue weighted by molar-refractivity contribution is 6.30. The van der Waals surface area contributed by atoms with E-state index in [-0.39, 0.29) is 23.6 Å². The van der Waals surface area contributed by atoms with E-state index in [1.54, 1.807) is 11.8 Å². The van der Waals surface area contributed by atoms with Gasteiger partial charge in [0.25, 0.3) is 5.91 Å². The summed E-state index contributed by atoms with van der Waals surface area (Å²) < 4.78 is 5.03. The van der Waals surface area contributed by atoms with Crippen molar-refractivity contribution in [3.05, 3.63) is 52.7 Å². The number of aryl methyl sites for hydroxylation is 1. The average Bonchev–Trinajstić information content (AvgIpc) is 3.11. The van der Waals surface area contributed by atoms with Gasteiger partial charge in [-0.25, -0.2) is 4.98 Å². The van der Waals surface area contributed by atoms with Crippen LogP contribution in [0.15, 0.2) is 35.1 Å². The number of hydrogen-bond acceptors (Lipinski definition) is 4. The minimum Gasteiger partial charge on any atom is -0.448 e. The minimum absolute atomic E-state index is 0.0409. The first-order valence-electron chi connectivity index (χ1n) is 7.76. The molecule has 2 aromatic rings. The number of benzene rings is 1. The Morgan fingerprint density at radius 1 is 1.50 bits per heavy atom. The first kappa shape index (κ1) is 16.5. The second kappa shape index (κ2) is 7.05. The van der Waals surface area contributed by atoms with Gasteiger partial charge < -0.3 is 14.6 Å². The predicted octanol–water partition coefficient (Wildman–Crippen LogP) is 2.21. The maximum atomic E-state index is 12.1. The molecule has 0 unspecified atom stereocenters. The first-order valence-corrected chi connectivity index (χ1v) is 8.14. The molecule has 0 bridgehead atoms. The van der Waals surface area contributed by atoms with Gasteiger partial charge in [-0.3, -0.25) is 9.59 Å². The zero-order valence-corrected chi connectivity index (χ0v) is 14.0.